The van der Waals surface area contributed by atoms with E-state index in [1.54, 1.807) is 31.2 Å². The number of halogens is 1. The minimum atomic E-state index is -0.941. The number of hydrogen-bond donors (Lipinski definition) is 2. The van der Waals surface area contributed by atoms with Gasteiger partial charge in [0.15, 0.2) is 0 Å². The van der Waals surface area contributed by atoms with Crippen molar-refractivity contribution in [1.82, 2.24) is 4.98 Å². The number of rotatable bonds is 2. The lowest BCUT2D eigenvalue weighted by Gasteiger charge is -2.29. The third-order valence-corrected chi connectivity index (χ3v) is 3.82. The molecule has 0 bridgehead atoms. The summed E-state index contributed by atoms with van der Waals surface area (Å²) in [5.74, 6) is -1.25. The molecule has 0 radical (unpaired) electrons. The van der Waals surface area contributed by atoms with Gasteiger partial charge in [-0.25, -0.2) is 9.18 Å². The number of carbonyl (C=O) groups is 1. The van der Waals surface area contributed by atoms with E-state index in [1.807, 2.05) is 0 Å². The molecule has 1 aromatic heterocycles. The molecule has 7 heteroatoms. The number of aromatic amines is 1. The summed E-state index contributed by atoms with van der Waals surface area (Å²) >= 11 is 0. The van der Waals surface area contributed by atoms with Gasteiger partial charge in [0, 0.05) is 17.4 Å². The van der Waals surface area contributed by atoms with Gasteiger partial charge in [-0.3, -0.25) is 4.79 Å². The number of aromatic nitrogens is 1. The van der Waals surface area contributed by atoms with Gasteiger partial charge in [-0.2, -0.15) is 0 Å². The number of methoxy groups -OCH3 is 1. The molecular formula is C17H15FN2O4. The summed E-state index contributed by atoms with van der Waals surface area (Å²) in [6, 6.07) is 7.72. The molecule has 1 aliphatic rings. The number of pyridine rings is 1. The Bertz CT molecular complexity index is 888. The summed E-state index contributed by atoms with van der Waals surface area (Å²) < 4.78 is 24.1. The number of H-pyrrole nitrogens is 1. The molecule has 0 aliphatic carbocycles. The summed E-state index contributed by atoms with van der Waals surface area (Å²) in [7, 11) is 1.17. The van der Waals surface area contributed by atoms with Crippen molar-refractivity contribution in [3.05, 3.63) is 75.3 Å². The number of anilines is 1. The van der Waals surface area contributed by atoms with Gasteiger partial charge >= 0.3 is 6.16 Å². The minimum absolute atomic E-state index is 0.121. The summed E-state index contributed by atoms with van der Waals surface area (Å²) in [5.41, 5.74) is 1.13. The molecule has 1 unspecified atom stereocenters. The van der Waals surface area contributed by atoms with Crippen molar-refractivity contribution in [1.29, 1.82) is 0 Å². The Morgan fingerprint density at radius 2 is 2.00 bits per heavy atom. The van der Waals surface area contributed by atoms with E-state index < -0.39 is 23.4 Å². The number of ether oxygens (including phenoxy) is 2. The fourth-order valence-corrected chi connectivity index (χ4v) is 2.77. The van der Waals surface area contributed by atoms with Crippen LogP contribution in [0.2, 0.25) is 0 Å². The van der Waals surface area contributed by atoms with E-state index in [-0.39, 0.29) is 16.9 Å². The van der Waals surface area contributed by atoms with Crippen molar-refractivity contribution >= 4 is 11.8 Å². The smallest absolute Gasteiger partial charge is 0.437 e. The van der Waals surface area contributed by atoms with Crippen molar-refractivity contribution in [3.63, 3.8) is 0 Å². The average molecular weight is 330 g/mol. The average Bonchev–Trinajstić information content (AvgIpc) is 2.56. The molecule has 1 atom stereocenters. The van der Waals surface area contributed by atoms with Crippen LogP contribution >= 0.6 is 0 Å². The van der Waals surface area contributed by atoms with Gasteiger partial charge in [0.1, 0.15) is 11.6 Å². The molecule has 0 fully saturated rings. The second kappa shape index (κ2) is 6.19. The van der Waals surface area contributed by atoms with Crippen LogP contribution in [0, 0.1) is 5.82 Å². The van der Waals surface area contributed by atoms with Crippen molar-refractivity contribution in [2.75, 3.05) is 12.4 Å². The number of nitrogens with one attached hydrogen (secondary N) is 2. The van der Waals surface area contributed by atoms with Crippen molar-refractivity contribution in [2.24, 2.45) is 0 Å². The third kappa shape index (κ3) is 2.64. The molecule has 1 aromatic carbocycles. The molecule has 0 saturated carbocycles. The number of carbonyl (C=O) groups excluding carboxylic acids is 1. The largest absolute Gasteiger partial charge is 0.513 e. The van der Waals surface area contributed by atoms with E-state index in [0.29, 0.717) is 11.4 Å². The van der Waals surface area contributed by atoms with Gasteiger partial charge < -0.3 is 19.8 Å². The number of benzene rings is 1. The molecule has 1 aliphatic heterocycles. The molecule has 2 N–H and O–H groups in total. The summed E-state index contributed by atoms with van der Waals surface area (Å²) in [6.45, 7) is 1.68. The van der Waals surface area contributed by atoms with Crippen LogP contribution in [-0.4, -0.2) is 18.2 Å². The lowest BCUT2D eigenvalue weighted by Crippen LogP contribution is -2.28. The van der Waals surface area contributed by atoms with Crippen LogP contribution in [0.15, 0.2) is 52.8 Å². The maximum Gasteiger partial charge on any atom is 0.513 e. The minimum Gasteiger partial charge on any atom is -0.437 e. The van der Waals surface area contributed by atoms with E-state index in [9.17, 15) is 14.0 Å². The Kier molecular flexibility index (Phi) is 4.07. The maximum atomic E-state index is 14.4. The Morgan fingerprint density at radius 1 is 1.25 bits per heavy atom. The van der Waals surface area contributed by atoms with Crippen LogP contribution in [0.5, 0.6) is 0 Å². The van der Waals surface area contributed by atoms with E-state index >= 15 is 0 Å². The SMILES string of the molecule is COC(=O)OC1=C(C)Nc2cc[nH]c(=O)c2C1c1ccccc1F. The molecule has 124 valence electrons. The normalized spacial score (nSPS) is 16.2. The van der Waals surface area contributed by atoms with E-state index in [0.717, 1.165) is 0 Å². The first-order chi connectivity index (χ1) is 11.5. The van der Waals surface area contributed by atoms with Gasteiger partial charge in [-0.1, -0.05) is 18.2 Å². The predicted molar refractivity (Wildman–Crippen MR) is 85.1 cm³/mol. The van der Waals surface area contributed by atoms with E-state index in [4.69, 9.17) is 4.74 Å². The maximum absolute atomic E-state index is 14.4. The number of allylic oxidation sites excluding steroid dienone is 2. The molecular weight excluding hydrogens is 315 g/mol. The number of fused-ring (bicyclic) bond motifs is 1. The van der Waals surface area contributed by atoms with E-state index in [2.05, 4.69) is 15.0 Å². The van der Waals surface area contributed by atoms with Gasteiger partial charge in [0.2, 0.25) is 0 Å². The lowest BCUT2D eigenvalue weighted by atomic mass is 9.86. The summed E-state index contributed by atoms with van der Waals surface area (Å²) in [4.78, 5) is 26.5. The molecule has 0 amide bonds. The summed E-state index contributed by atoms with van der Waals surface area (Å²) in [6.07, 6.45) is 0.551. The van der Waals surface area contributed by atoms with Crippen LogP contribution in [-0.2, 0) is 9.47 Å². The highest BCUT2D eigenvalue weighted by Crippen LogP contribution is 2.41. The molecule has 6 nitrogen and oxygen atoms in total. The highest BCUT2D eigenvalue weighted by Gasteiger charge is 2.35. The molecule has 0 spiro atoms. The first kappa shape index (κ1) is 15.8. The molecule has 2 aromatic rings. The Morgan fingerprint density at radius 3 is 2.71 bits per heavy atom. The Hall–Kier alpha value is -3.09. The Balaban J connectivity index is 2.24. The quantitative estimate of drug-likeness (QED) is 0.827. The second-order valence-electron chi connectivity index (χ2n) is 5.26. The van der Waals surface area contributed by atoms with Crippen LogP contribution in [0.25, 0.3) is 0 Å². The van der Waals surface area contributed by atoms with Gasteiger partial charge in [0.05, 0.1) is 24.3 Å². The molecule has 2 heterocycles. The fraction of sp³-hybridized carbons (Fsp3) is 0.176. The second-order valence-corrected chi connectivity index (χ2v) is 5.26. The van der Waals surface area contributed by atoms with Gasteiger partial charge in [-0.05, 0) is 19.1 Å². The molecule has 0 saturated heterocycles. The first-order valence-corrected chi connectivity index (χ1v) is 7.22. The van der Waals surface area contributed by atoms with Crippen LogP contribution in [0.3, 0.4) is 0 Å². The predicted octanol–water partition coefficient (Wildman–Crippen LogP) is 3.09. The Labute approximate surface area is 136 Å². The van der Waals surface area contributed by atoms with Crippen LogP contribution in [0.4, 0.5) is 14.9 Å². The standard InChI is InChI=1S/C17H15FN2O4/c1-9-15(24-17(22)23-2)13(10-5-3-4-6-11(10)18)14-12(20-9)7-8-19-16(14)21/h3-8,13,20H,1-2H3,(H,19,21). The van der Waals surface area contributed by atoms with Crippen LogP contribution < -0.4 is 10.9 Å². The highest BCUT2D eigenvalue weighted by molar-refractivity contribution is 5.67. The number of hydrogen-bond acceptors (Lipinski definition) is 5. The molecule has 3 rings (SSSR count). The zero-order valence-corrected chi connectivity index (χ0v) is 13.1. The fourth-order valence-electron chi connectivity index (χ4n) is 2.77. The summed E-state index contributed by atoms with van der Waals surface area (Å²) in [5, 5.41) is 3.00. The first-order valence-electron chi connectivity index (χ1n) is 7.22. The monoisotopic (exact) mass is 330 g/mol. The van der Waals surface area contributed by atoms with E-state index in [1.165, 1.54) is 19.4 Å². The van der Waals surface area contributed by atoms with Gasteiger partial charge in [-0.15, -0.1) is 0 Å². The highest BCUT2D eigenvalue weighted by atomic mass is 19.1. The van der Waals surface area contributed by atoms with Crippen LogP contribution in [0.1, 0.15) is 24.0 Å². The molecule has 24 heavy (non-hydrogen) atoms. The van der Waals surface area contributed by atoms with Crippen molar-refractivity contribution in [2.45, 2.75) is 12.8 Å². The lowest BCUT2D eigenvalue weighted by molar-refractivity contribution is 0.0927. The third-order valence-electron chi connectivity index (χ3n) is 3.82. The van der Waals surface area contributed by atoms with Gasteiger partial charge in [0.25, 0.3) is 5.56 Å². The zero-order valence-electron chi connectivity index (χ0n) is 13.1. The van der Waals surface area contributed by atoms with Crippen molar-refractivity contribution in [3.8, 4) is 0 Å². The van der Waals surface area contributed by atoms with Crippen molar-refractivity contribution < 1.29 is 18.7 Å². The topological polar surface area (TPSA) is 80.4 Å². The zero-order chi connectivity index (χ0) is 17.3.